The number of halogens is 1. The van der Waals surface area contributed by atoms with Crippen LogP contribution >= 0.6 is 11.6 Å². The van der Waals surface area contributed by atoms with Crippen LogP contribution in [-0.2, 0) is 6.42 Å². The molecule has 0 saturated heterocycles. The van der Waals surface area contributed by atoms with Gasteiger partial charge in [-0.25, -0.2) is 0 Å². The number of aryl methyl sites for hydroxylation is 1. The number of H-pyrrole nitrogens is 1. The second-order valence-corrected chi connectivity index (χ2v) is 5.36. The van der Waals surface area contributed by atoms with Gasteiger partial charge in [0.05, 0.1) is 0 Å². The lowest BCUT2D eigenvalue weighted by Crippen LogP contribution is -2.11. The Bertz CT molecular complexity index is 790. The third kappa shape index (κ3) is 2.93. The monoisotopic (exact) mass is 298 g/mol. The molecule has 0 atom stereocenters. The summed E-state index contributed by atoms with van der Waals surface area (Å²) in [4.78, 5) is 15.4. The van der Waals surface area contributed by atoms with Crippen LogP contribution in [0.15, 0.2) is 48.5 Å². The highest BCUT2D eigenvalue weighted by molar-refractivity contribution is 6.30. The number of aromatic nitrogens is 1. The van der Waals surface area contributed by atoms with Gasteiger partial charge in [-0.05, 0) is 54.4 Å². The quantitative estimate of drug-likeness (QED) is 0.727. The van der Waals surface area contributed by atoms with E-state index in [2.05, 4.69) is 29.4 Å². The van der Waals surface area contributed by atoms with E-state index in [9.17, 15) is 4.79 Å². The van der Waals surface area contributed by atoms with Gasteiger partial charge in [-0.2, -0.15) is 0 Å². The van der Waals surface area contributed by atoms with Crippen molar-refractivity contribution in [3.05, 3.63) is 64.8 Å². The summed E-state index contributed by atoms with van der Waals surface area (Å²) >= 11 is 5.83. The number of anilines is 1. The Labute approximate surface area is 127 Å². The van der Waals surface area contributed by atoms with Gasteiger partial charge < -0.3 is 10.3 Å². The molecule has 0 spiro atoms. The average Bonchev–Trinajstić information content (AvgIpc) is 2.92. The van der Waals surface area contributed by atoms with E-state index in [0.717, 1.165) is 23.0 Å². The van der Waals surface area contributed by atoms with Crippen molar-refractivity contribution in [2.45, 2.75) is 13.3 Å². The van der Waals surface area contributed by atoms with Crippen molar-refractivity contribution in [2.75, 3.05) is 5.32 Å². The van der Waals surface area contributed by atoms with E-state index in [1.54, 1.807) is 24.3 Å². The summed E-state index contributed by atoms with van der Waals surface area (Å²) < 4.78 is 0. The summed E-state index contributed by atoms with van der Waals surface area (Å²) in [5, 5.41) is 4.54. The van der Waals surface area contributed by atoms with Crippen LogP contribution in [-0.4, -0.2) is 10.9 Å². The molecule has 0 radical (unpaired) electrons. The predicted octanol–water partition coefficient (Wildman–Crippen LogP) is 4.64. The molecule has 0 bridgehead atoms. The summed E-state index contributed by atoms with van der Waals surface area (Å²) in [6.45, 7) is 2.11. The molecule has 0 aliphatic rings. The minimum atomic E-state index is -0.161. The van der Waals surface area contributed by atoms with E-state index in [1.165, 1.54) is 5.56 Å². The minimum absolute atomic E-state index is 0.161. The van der Waals surface area contributed by atoms with E-state index in [1.807, 2.05) is 12.1 Å². The maximum absolute atomic E-state index is 12.2. The normalized spacial score (nSPS) is 10.8. The summed E-state index contributed by atoms with van der Waals surface area (Å²) in [7, 11) is 0. The fourth-order valence-corrected chi connectivity index (χ4v) is 2.38. The molecule has 2 N–H and O–H groups in total. The summed E-state index contributed by atoms with van der Waals surface area (Å²) in [6.07, 6.45) is 0.980. The lowest BCUT2D eigenvalue weighted by molar-refractivity contribution is 0.102. The number of hydrogen-bond donors (Lipinski definition) is 2. The van der Waals surface area contributed by atoms with Gasteiger partial charge in [0.25, 0.3) is 5.91 Å². The second-order valence-electron chi connectivity index (χ2n) is 4.92. The van der Waals surface area contributed by atoms with Gasteiger partial charge in [-0.1, -0.05) is 24.6 Å². The molecule has 0 fully saturated rings. The van der Waals surface area contributed by atoms with Crippen molar-refractivity contribution >= 4 is 34.1 Å². The zero-order valence-corrected chi connectivity index (χ0v) is 12.4. The maximum atomic E-state index is 12.2. The van der Waals surface area contributed by atoms with E-state index >= 15 is 0 Å². The summed E-state index contributed by atoms with van der Waals surface area (Å²) in [5.41, 5.74) is 3.49. The number of aromatic amines is 1. The van der Waals surface area contributed by atoms with E-state index in [-0.39, 0.29) is 5.91 Å². The molecular weight excluding hydrogens is 284 g/mol. The largest absolute Gasteiger partial charge is 0.351 e. The Balaban J connectivity index is 1.85. The topological polar surface area (TPSA) is 44.9 Å². The van der Waals surface area contributed by atoms with Crippen LogP contribution in [0, 0.1) is 0 Å². The lowest BCUT2D eigenvalue weighted by Gasteiger charge is -2.03. The van der Waals surface area contributed by atoms with Gasteiger partial charge in [-0.15, -0.1) is 0 Å². The smallest absolute Gasteiger partial charge is 0.272 e. The Morgan fingerprint density at radius 3 is 2.62 bits per heavy atom. The van der Waals surface area contributed by atoms with E-state index in [0.29, 0.717) is 10.7 Å². The number of nitrogens with one attached hydrogen (secondary N) is 2. The Morgan fingerprint density at radius 1 is 1.14 bits per heavy atom. The van der Waals surface area contributed by atoms with E-state index in [4.69, 9.17) is 11.6 Å². The molecule has 1 amide bonds. The zero-order valence-electron chi connectivity index (χ0n) is 11.6. The van der Waals surface area contributed by atoms with Gasteiger partial charge in [0.1, 0.15) is 5.69 Å². The molecule has 3 aromatic rings. The SMILES string of the molecule is CCc1ccc2[nH]c(C(=O)Nc3ccc(Cl)cc3)cc2c1. The summed E-state index contributed by atoms with van der Waals surface area (Å²) in [6, 6.07) is 15.1. The van der Waals surface area contributed by atoms with Crippen LogP contribution in [0.1, 0.15) is 23.0 Å². The van der Waals surface area contributed by atoms with Crippen LogP contribution < -0.4 is 5.32 Å². The minimum Gasteiger partial charge on any atom is -0.351 e. The van der Waals surface area contributed by atoms with Crippen LogP contribution in [0.2, 0.25) is 5.02 Å². The van der Waals surface area contributed by atoms with Gasteiger partial charge in [0.15, 0.2) is 0 Å². The van der Waals surface area contributed by atoms with Gasteiger partial charge in [-0.3, -0.25) is 4.79 Å². The van der Waals surface area contributed by atoms with Crippen LogP contribution in [0.4, 0.5) is 5.69 Å². The molecule has 2 aromatic carbocycles. The number of amides is 1. The fourth-order valence-electron chi connectivity index (χ4n) is 2.26. The molecule has 21 heavy (non-hydrogen) atoms. The fraction of sp³-hybridized carbons (Fsp3) is 0.118. The van der Waals surface area contributed by atoms with Crippen molar-refractivity contribution in [3.8, 4) is 0 Å². The lowest BCUT2D eigenvalue weighted by atomic mass is 10.1. The van der Waals surface area contributed by atoms with Gasteiger partial charge in [0, 0.05) is 21.6 Å². The maximum Gasteiger partial charge on any atom is 0.272 e. The molecule has 4 heteroatoms. The first-order valence-corrected chi connectivity index (χ1v) is 7.22. The van der Waals surface area contributed by atoms with Crippen molar-refractivity contribution in [1.29, 1.82) is 0 Å². The molecule has 0 aliphatic carbocycles. The average molecular weight is 299 g/mol. The first kappa shape index (κ1) is 13.7. The van der Waals surface area contributed by atoms with Crippen LogP contribution in [0.5, 0.6) is 0 Å². The van der Waals surface area contributed by atoms with Crippen molar-refractivity contribution in [1.82, 2.24) is 4.98 Å². The number of rotatable bonds is 3. The Morgan fingerprint density at radius 2 is 1.90 bits per heavy atom. The second kappa shape index (κ2) is 5.62. The number of benzene rings is 2. The Hall–Kier alpha value is -2.26. The highest BCUT2D eigenvalue weighted by Crippen LogP contribution is 2.19. The third-order valence-corrected chi connectivity index (χ3v) is 3.69. The first-order chi connectivity index (χ1) is 10.2. The molecule has 3 nitrogen and oxygen atoms in total. The van der Waals surface area contributed by atoms with E-state index < -0.39 is 0 Å². The molecule has 106 valence electrons. The molecule has 0 aliphatic heterocycles. The highest BCUT2D eigenvalue weighted by Gasteiger charge is 2.10. The number of hydrogen-bond acceptors (Lipinski definition) is 1. The molecular formula is C17H15ClN2O. The molecule has 0 saturated carbocycles. The first-order valence-electron chi connectivity index (χ1n) is 6.84. The van der Waals surface area contributed by atoms with Gasteiger partial charge in [0.2, 0.25) is 0 Å². The molecule has 0 unspecified atom stereocenters. The predicted molar refractivity (Wildman–Crippen MR) is 87.1 cm³/mol. The van der Waals surface area contributed by atoms with Crippen molar-refractivity contribution < 1.29 is 4.79 Å². The summed E-state index contributed by atoms with van der Waals surface area (Å²) in [5.74, 6) is -0.161. The standard InChI is InChI=1S/C17H15ClN2O/c1-2-11-3-8-15-12(9-11)10-16(20-15)17(21)19-14-6-4-13(18)5-7-14/h3-10,20H,2H2,1H3,(H,19,21). The molecule has 3 rings (SSSR count). The molecule has 1 aromatic heterocycles. The molecule has 1 heterocycles. The van der Waals surface area contributed by atoms with Crippen molar-refractivity contribution in [2.24, 2.45) is 0 Å². The zero-order chi connectivity index (χ0) is 14.8. The van der Waals surface area contributed by atoms with Crippen LogP contribution in [0.25, 0.3) is 10.9 Å². The Kier molecular flexibility index (Phi) is 3.67. The van der Waals surface area contributed by atoms with Crippen LogP contribution in [0.3, 0.4) is 0 Å². The van der Waals surface area contributed by atoms with Crippen molar-refractivity contribution in [3.63, 3.8) is 0 Å². The number of carbonyl (C=O) groups excluding carboxylic acids is 1. The number of fused-ring (bicyclic) bond motifs is 1. The highest BCUT2D eigenvalue weighted by atomic mass is 35.5. The third-order valence-electron chi connectivity index (χ3n) is 3.44. The number of carbonyl (C=O) groups is 1. The van der Waals surface area contributed by atoms with Gasteiger partial charge >= 0.3 is 0 Å².